The van der Waals surface area contributed by atoms with E-state index < -0.39 is 0 Å². The van der Waals surface area contributed by atoms with Gasteiger partial charge in [-0.2, -0.15) is 0 Å². The molecule has 132 valence electrons. The molecule has 1 N–H and O–H groups in total. The zero-order valence-electron chi connectivity index (χ0n) is 14.8. The monoisotopic (exact) mass is 356 g/mol. The van der Waals surface area contributed by atoms with Crippen molar-refractivity contribution in [2.45, 2.75) is 13.8 Å². The number of hydrogen-bond donors (Lipinski definition) is 1. The van der Waals surface area contributed by atoms with Crippen molar-refractivity contribution < 1.29 is 5.11 Å². The SMILES string of the molecule is Cc1c(C)n(-c2ccccn2)c2ncn3nc(-c4ccccc4O)nc3c12. The molecular weight excluding hydrogens is 340 g/mol. The van der Waals surface area contributed by atoms with E-state index in [2.05, 4.69) is 15.1 Å². The second-order valence-corrected chi connectivity index (χ2v) is 6.40. The highest BCUT2D eigenvalue weighted by Gasteiger charge is 2.20. The molecule has 0 saturated heterocycles. The molecule has 0 aliphatic heterocycles. The first kappa shape index (κ1) is 15.5. The maximum Gasteiger partial charge on any atom is 0.185 e. The fourth-order valence-electron chi connectivity index (χ4n) is 3.40. The van der Waals surface area contributed by atoms with Crippen LogP contribution in [-0.4, -0.2) is 34.2 Å². The van der Waals surface area contributed by atoms with Crippen LogP contribution < -0.4 is 0 Å². The third-order valence-electron chi connectivity index (χ3n) is 4.86. The summed E-state index contributed by atoms with van der Waals surface area (Å²) in [6.07, 6.45) is 3.41. The molecular formula is C20H16N6O. The van der Waals surface area contributed by atoms with Gasteiger partial charge in [-0.15, -0.1) is 5.10 Å². The topological polar surface area (TPSA) is 81.1 Å². The predicted octanol–water partition coefficient (Wildman–Crippen LogP) is 3.45. The molecule has 0 aliphatic rings. The zero-order valence-corrected chi connectivity index (χ0v) is 14.8. The van der Waals surface area contributed by atoms with Crippen LogP contribution in [0.2, 0.25) is 0 Å². The molecule has 0 unspecified atom stereocenters. The number of phenolic OH excluding ortho intramolecular Hbond substituents is 1. The van der Waals surface area contributed by atoms with Gasteiger partial charge in [0.1, 0.15) is 17.9 Å². The average molecular weight is 356 g/mol. The Kier molecular flexibility index (Phi) is 3.24. The summed E-state index contributed by atoms with van der Waals surface area (Å²) in [5.74, 6) is 1.42. The quantitative estimate of drug-likeness (QED) is 0.524. The molecule has 0 fully saturated rings. The largest absolute Gasteiger partial charge is 0.507 e. The van der Waals surface area contributed by atoms with Gasteiger partial charge in [-0.05, 0) is 43.7 Å². The van der Waals surface area contributed by atoms with E-state index >= 15 is 0 Å². The molecule has 0 bridgehead atoms. The first-order chi connectivity index (χ1) is 13.1. The van der Waals surface area contributed by atoms with Crippen molar-refractivity contribution in [3.63, 3.8) is 0 Å². The predicted molar refractivity (Wildman–Crippen MR) is 102 cm³/mol. The first-order valence-corrected chi connectivity index (χ1v) is 8.58. The van der Waals surface area contributed by atoms with Crippen molar-refractivity contribution >= 4 is 16.7 Å². The number of fused-ring (bicyclic) bond motifs is 3. The number of aromatic hydroxyl groups is 1. The van der Waals surface area contributed by atoms with Gasteiger partial charge in [0, 0.05) is 11.9 Å². The van der Waals surface area contributed by atoms with E-state index in [1.807, 2.05) is 42.7 Å². The molecule has 7 nitrogen and oxygen atoms in total. The summed E-state index contributed by atoms with van der Waals surface area (Å²) in [6, 6.07) is 12.8. The smallest absolute Gasteiger partial charge is 0.185 e. The maximum atomic E-state index is 10.1. The van der Waals surface area contributed by atoms with Gasteiger partial charge in [-0.25, -0.2) is 19.5 Å². The number of aryl methyl sites for hydroxylation is 1. The summed E-state index contributed by atoms with van der Waals surface area (Å²) in [6.45, 7) is 4.09. The Morgan fingerprint density at radius 3 is 2.52 bits per heavy atom. The molecule has 4 aromatic heterocycles. The molecule has 0 amide bonds. The van der Waals surface area contributed by atoms with E-state index in [-0.39, 0.29) is 5.75 Å². The van der Waals surface area contributed by atoms with Gasteiger partial charge in [0.05, 0.1) is 10.9 Å². The molecule has 1 aromatic carbocycles. The maximum absolute atomic E-state index is 10.1. The van der Waals surface area contributed by atoms with E-state index in [0.717, 1.165) is 28.1 Å². The molecule has 4 heterocycles. The van der Waals surface area contributed by atoms with Gasteiger partial charge in [0.2, 0.25) is 0 Å². The van der Waals surface area contributed by atoms with E-state index in [1.54, 1.807) is 35.2 Å². The summed E-state index contributed by atoms with van der Waals surface area (Å²) in [4.78, 5) is 13.8. The van der Waals surface area contributed by atoms with Gasteiger partial charge in [-0.1, -0.05) is 18.2 Å². The average Bonchev–Trinajstić information content (AvgIpc) is 3.22. The standard InChI is InChI=1S/C20H16N6O/c1-12-13(2)26(16-9-5-6-10-21-16)19-17(12)20-23-18(24-25(20)11-22-19)14-7-3-4-8-15(14)27/h3-11,27H,1-2H3. The minimum absolute atomic E-state index is 0.150. The van der Waals surface area contributed by atoms with Crippen molar-refractivity contribution in [1.29, 1.82) is 0 Å². The summed E-state index contributed by atoms with van der Waals surface area (Å²) in [7, 11) is 0. The van der Waals surface area contributed by atoms with Gasteiger partial charge in [0.25, 0.3) is 0 Å². The number of aromatic nitrogens is 6. The highest BCUT2D eigenvalue weighted by atomic mass is 16.3. The Bertz CT molecular complexity index is 1300. The third-order valence-corrected chi connectivity index (χ3v) is 4.86. The molecule has 0 aliphatic carbocycles. The highest BCUT2D eigenvalue weighted by molar-refractivity contribution is 5.95. The number of rotatable bonds is 2. The van der Waals surface area contributed by atoms with Crippen LogP contribution in [0.1, 0.15) is 11.3 Å². The van der Waals surface area contributed by atoms with Crippen molar-refractivity contribution in [2.24, 2.45) is 0 Å². The van der Waals surface area contributed by atoms with Gasteiger partial charge >= 0.3 is 0 Å². The lowest BCUT2D eigenvalue weighted by Gasteiger charge is -2.05. The number of benzene rings is 1. The van der Waals surface area contributed by atoms with Crippen LogP contribution in [0.5, 0.6) is 5.75 Å². The van der Waals surface area contributed by atoms with Crippen molar-refractivity contribution in [3.05, 3.63) is 66.2 Å². The lowest BCUT2D eigenvalue weighted by atomic mass is 10.2. The summed E-state index contributed by atoms with van der Waals surface area (Å²) < 4.78 is 3.68. The van der Waals surface area contributed by atoms with Crippen molar-refractivity contribution in [3.8, 4) is 23.0 Å². The first-order valence-electron chi connectivity index (χ1n) is 8.58. The summed E-state index contributed by atoms with van der Waals surface area (Å²) in [5, 5.41) is 15.6. The Morgan fingerprint density at radius 2 is 1.74 bits per heavy atom. The van der Waals surface area contributed by atoms with E-state index in [4.69, 9.17) is 4.98 Å². The lowest BCUT2D eigenvalue weighted by molar-refractivity contribution is 0.477. The number of pyridine rings is 1. The molecule has 27 heavy (non-hydrogen) atoms. The van der Waals surface area contributed by atoms with Gasteiger partial charge in [-0.3, -0.25) is 4.57 Å². The summed E-state index contributed by atoms with van der Waals surface area (Å²) >= 11 is 0. The van der Waals surface area contributed by atoms with Crippen LogP contribution in [0, 0.1) is 13.8 Å². The Hall–Kier alpha value is -3.74. The number of nitrogens with zero attached hydrogens (tertiary/aromatic N) is 6. The van der Waals surface area contributed by atoms with Crippen LogP contribution in [0.4, 0.5) is 0 Å². The molecule has 5 rings (SSSR count). The third kappa shape index (κ3) is 2.21. The number of hydrogen-bond acceptors (Lipinski definition) is 5. The fraction of sp³-hybridized carbons (Fsp3) is 0.100. The normalized spacial score (nSPS) is 11.5. The summed E-state index contributed by atoms with van der Waals surface area (Å²) in [5.41, 5.74) is 4.20. The van der Waals surface area contributed by atoms with E-state index in [0.29, 0.717) is 17.0 Å². The highest BCUT2D eigenvalue weighted by Crippen LogP contribution is 2.31. The lowest BCUT2D eigenvalue weighted by Crippen LogP contribution is -2.01. The number of phenols is 1. The molecule has 0 radical (unpaired) electrons. The molecule has 0 spiro atoms. The minimum atomic E-state index is 0.150. The van der Waals surface area contributed by atoms with Gasteiger partial charge < -0.3 is 5.11 Å². The zero-order chi connectivity index (χ0) is 18.5. The second kappa shape index (κ2) is 5.63. The van der Waals surface area contributed by atoms with Gasteiger partial charge in [0.15, 0.2) is 17.1 Å². The molecule has 0 atom stereocenters. The van der Waals surface area contributed by atoms with E-state index in [1.165, 1.54) is 0 Å². The van der Waals surface area contributed by atoms with Crippen molar-refractivity contribution in [2.75, 3.05) is 0 Å². The van der Waals surface area contributed by atoms with Crippen LogP contribution in [0.25, 0.3) is 33.9 Å². The number of para-hydroxylation sites is 1. The second-order valence-electron chi connectivity index (χ2n) is 6.40. The van der Waals surface area contributed by atoms with Crippen LogP contribution in [0.15, 0.2) is 55.0 Å². The van der Waals surface area contributed by atoms with Crippen LogP contribution in [0.3, 0.4) is 0 Å². The Morgan fingerprint density at radius 1 is 0.926 bits per heavy atom. The molecule has 7 heteroatoms. The molecule has 0 saturated carbocycles. The molecule has 5 aromatic rings. The van der Waals surface area contributed by atoms with Crippen molar-refractivity contribution in [1.82, 2.24) is 29.1 Å². The van der Waals surface area contributed by atoms with E-state index in [9.17, 15) is 5.11 Å². The fourth-order valence-corrected chi connectivity index (χ4v) is 3.40. The Labute approximate surface area is 154 Å². The van der Waals surface area contributed by atoms with Crippen LogP contribution in [-0.2, 0) is 0 Å². The minimum Gasteiger partial charge on any atom is -0.507 e. The van der Waals surface area contributed by atoms with Crippen LogP contribution >= 0.6 is 0 Å². The Balaban J connectivity index is 1.83.